The van der Waals surface area contributed by atoms with Gasteiger partial charge in [-0.05, 0) is 36.4 Å². The van der Waals surface area contributed by atoms with Crippen LogP contribution in [0.5, 0.6) is 11.5 Å². The Balaban J connectivity index is 1.76. The maximum Gasteiger partial charge on any atom is 0.194 e. The molecule has 7 heteroatoms. The van der Waals surface area contributed by atoms with Crippen LogP contribution in [0, 0.1) is 11.3 Å². The molecule has 0 saturated heterocycles. The number of ether oxygens (including phenoxy) is 1. The Labute approximate surface area is 161 Å². The lowest BCUT2D eigenvalue weighted by Crippen LogP contribution is -2.23. The normalized spacial score (nSPS) is 10.9. The summed E-state index contributed by atoms with van der Waals surface area (Å²) in [5.74, 6) is 1.90. The molecule has 6 nitrogen and oxygen atoms in total. The summed E-state index contributed by atoms with van der Waals surface area (Å²) in [6.07, 6.45) is 0. The molecular weight excluding hydrogens is 362 g/mol. The number of anilines is 1. The summed E-state index contributed by atoms with van der Waals surface area (Å²) in [7, 11) is 0. The zero-order valence-corrected chi connectivity index (χ0v) is 15.0. The second-order valence-corrected chi connectivity index (χ2v) is 5.89. The first-order valence-electron chi connectivity index (χ1n) is 8.10. The summed E-state index contributed by atoms with van der Waals surface area (Å²) in [4.78, 5) is 8.40. The molecule has 0 amide bonds. The largest absolute Gasteiger partial charge is 0.457 e. The van der Waals surface area contributed by atoms with Gasteiger partial charge in [0.2, 0.25) is 0 Å². The fraction of sp³-hybridized carbons (Fsp3) is 0.0500. The number of nitrogens with two attached hydrogens (primary N) is 1. The lowest BCUT2D eigenvalue weighted by molar-refractivity contribution is 0.476. The number of rotatable bonds is 5. The number of hydrogen-bond donors (Lipinski definition) is 2. The van der Waals surface area contributed by atoms with Gasteiger partial charge in [-0.1, -0.05) is 41.9 Å². The average Bonchev–Trinajstić information content (AvgIpc) is 2.68. The highest BCUT2D eigenvalue weighted by Gasteiger charge is 2.09. The van der Waals surface area contributed by atoms with E-state index in [4.69, 9.17) is 27.3 Å². The summed E-state index contributed by atoms with van der Waals surface area (Å²) >= 11 is 6.32. The lowest BCUT2D eigenvalue weighted by Gasteiger charge is -2.12. The molecule has 2 aromatic carbocycles. The molecule has 0 spiro atoms. The van der Waals surface area contributed by atoms with Crippen molar-refractivity contribution in [2.45, 2.75) is 6.54 Å². The van der Waals surface area contributed by atoms with Gasteiger partial charge in [-0.2, -0.15) is 5.26 Å². The first-order chi connectivity index (χ1) is 13.2. The Bertz CT molecular complexity index is 999. The fourth-order valence-corrected chi connectivity index (χ4v) is 2.53. The van der Waals surface area contributed by atoms with Gasteiger partial charge in [0, 0.05) is 10.6 Å². The molecule has 1 aromatic heterocycles. The van der Waals surface area contributed by atoms with Gasteiger partial charge in [0.25, 0.3) is 0 Å². The highest BCUT2D eigenvalue weighted by Crippen LogP contribution is 2.31. The first-order valence-corrected chi connectivity index (χ1v) is 8.48. The van der Waals surface area contributed by atoms with Crippen molar-refractivity contribution in [3.63, 3.8) is 0 Å². The van der Waals surface area contributed by atoms with Crippen LogP contribution in [0.25, 0.3) is 0 Å². The van der Waals surface area contributed by atoms with Gasteiger partial charge in [-0.25, -0.2) is 9.98 Å². The first kappa shape index (κ1) is 18.2. The number of aliphatic imine (C=N–C) groups is 1. The van der Waals surface area contributed by atoms with E-state index in [0.29, 0.717) is 27.9 Å². The molecule has 0 aliphatic heterocycles. The van der Waals surface area contributed by atoms with E-state index in [1.54, 1.807) is 24.3 Å². The van der Waals surface area contributed by atoms with E-state index in [0.717, 1.165) is 0 Å². The minimum Gasteiger partial charge on any atom is -0.457 e. The second-order valence-electron chi connectivity index (χ2n) is 5.48. The van der Waals surface area contributed by atoms with Gasteiger partial charge < -0.3 is 15.8 Å². The molecule has 134 valence electrons. The van der Waals surface area contributed by atoms with E-state index in [-0.39, 0.29) is 18.2 Å². The topological polar surface area (TPSA) is 96.3 Å². The number of aromatic nitrogens is 1. The molecule has 3 rings (SSSR count). The number of guanidine groups is 1. The molecule has 0 radical (unpaired) electrons. The van der Waals surface area contributed by atoms with Crippen LogP contribution in [0.15, 0.2) is 71.7 Å². The van der Waals surface area contributed by atoms with Crippen LogP contribution in [0.1, 0.15) is 11.3 Å². The van der Waals surface area contributed by atoms with Gasteiger partial charge in [0.05, 0.1) is 6.54 Å². The average molecular weight is 378 g/mol. The third-order valence-corrected chi connectivity index (χ3v) is 3.93. The third-order valence-electron chi connectivity index (χ3n) is 3.57. The molecule has 0 fully saturated rings. The number of halogens is 1. The minimum atomic E-state index is 0.156. The monoisotopic (exact) mass is 377 g/mol. The van der Waals surface area contributed by atoms with Crippen molar-refractivity contribution in [2.24, 2.45) is 10.7 Å². The van der Waals surface area contributed by atoms with Crippen LogP contribution in [-0.4, -0.2) is 10.9 Å². The van der Waals surface area contributed by atoms with Crippen LogP contribution >= 0.6 is 11.6 Å². The van der Waals surface area contributed by atoms with Gasteiger partial charge >= 0.3 is 0 Å². The Hall–Kier alpha value is -3.56. The number of nitriles is 1. The summed E-state index contributed by atoms with van der Waals surface area (Å²) in [6, 6.07) is 21.8. The summed E-state index contributed by atoms with van der Waals surface area (Å²) in [5, 5.41) is 12.3. The van der Waals surface area contributed by atoms with Gasteiger partial charge in [0.1, 0.15) is 29.1 Å². The lowest BCUT2D eigenvalue weighted by atomic mass is 10.2. The number of nitrogens with zero attached hydrogens (tertiary/aromatic N) is 3. The van der Waals surface area contributed by atoms with Crippen molar-refractivity contribution in [3.8, 4) is 17.6 Å². The van der Waals surface area contributed by atoms with Gasteiger partial charge in [0.15, 0.2) is 5.96 Å². The molecule has 0 bridgehead atoms. The molecule has 0 aliphatic carbocycles. The van der Waals surface area contributed by atoms with Crippen molar-refractivity contribution >= 4 is 23.4 Å². The SMILES string of the molecule is N#Cc1cccc(NC(N)=NCc2c(Cl)cccc2Oc2ccccc2)n1. The molecule has 0 atom stereocenters. The quantitative estimate of drug-likeness (QED) is 0.509. The van der Waals surface area contributed by atoms with Crippen LogP contribution in [-0.2, 0) is 6.54 Å². The highest BCUT2D eigenvalue weighted by atomic mass is 35.5. The Morgan fingerprint density at radius 1 is 1.11 bits per heavy atom. The highest BCUT2D eigenvalue weighted by molar-refractivity contribution is 6.31. The van der Waals surface area contributed by atoms with Crippen molar-refractivity contribution in [1.29, 1.82) is 5.26 Å². The molecule has 3 N–H and O–H groups in total. The number of pyridine rings is 1. The van der Waals surface area contributed by atoms with E-state index >= 15 is 0 Å². The Morgan fingerprint density at radius 3 is 2.67 bits per heavy atom. The zero-order valence-electron chi connectivity index (χ0n) is 14.3. The smallest absolute Gasteiger partial charge is 0.194 e. The molecule has 0 aliphatic rings. The van der Waals surface area contributed by atoms with Gasteiger partial charge in [-0.15, -0.1) is 0 Å². The maximum atomic E-state index is 8.90. The molecule has 0 saturated carbocycles. The molecule has 1 heterocycles. The standard InChI is InChI=1S/C20H16ClN5O/c21-17-9-5-10-18(27-15-7-2-1-3-8-15)16(17)13-24-20(23)26-19-11-4-6-14(12-22)25-19/h1-11H,13H2,(H3,23,24,25,26). The van der Waals surface area contributed by atoms with Crippen LogP contribution < -0.4 is 15.8 Å². The van der Waals surface area contributed by atoms with E-state index in [1.165, 1.54) is 0 Å². The number of hydrogen-bond acceptors (Lipinski definition) is 4. The van der Waals surface area contributed by atoms with E-state index in [2.05, 4.69) is 15.3 Å². The molecular formula is C20H16ClN5O. The Kier molecular flexibility index (Phi) is 5.87. The van der Waals surface area contributed by atoms with Crippen molar-refractivity contribution in [1.82, 2.24) is 4.98 Å². The van der Waals surface area contributed by atoms with E-state index in [1.807, 2.05) is 48.5 Å². The Morgan fingerprint density at radius 2 is 1.89 bits per heavy atom. The van der Waals surface area contributed by atoms with Crippen molar-refractivity contribution in [2.75, 3.05) is 5.32 Å². The van der Waals surface area contributed by atoms with E-state index in [9.17, 15) is 0 Å². The summed E-state index contributed by atoms with van der Waals surface area (Å²) in [5.41, 5.74) is 6.93. The minimum absolute atomic E-state index is 0.156. The third kappa shape index (κ3) is 4.97. The fourth-order valence-electron chi connectivity index (χ4n) is 2.31. The summed E-state index contributed by atoms with van der Waals surface area (Å²) < 4.78 is 5.91. The maximum absolute atomic E-state index is 8.90. The number of para-hydroxylation sites is 1. The zero-order chi connectivity index (χ0) is 19.1. The molecule has 0 unspecified atom stereocenters. The van der Waals surface area contributed by atoms with Gasteiger partial charge in [-0.3, -0.25) is 0 Å². The number of nitrogens with one attached hydrogen (secondary N) is 1. The van der Waals surface area contributed by atoms with Crippen LogP contribution in [0.3, 0.4) is 0 Å². The predicted octanol–water partition coefficient (Wildman–Crippen LogP) is 4.33. The van der Waals surface area contributed by atoms with Crippen LogP contribution in [0.2, 0.25) is 5.02 Å². The second kappa shape index (κ2) is 8.70. The molecule has 3 aromatic rings. The van der Waals surface area contributed by atoms with Crippen LogP contribution in [0.4, 0.5) is 5.82 Å². The number of benzene rings is 2. The van der Waals surface area contributed by atoms with Crippen molar-refractivity contribution < 1.29 is 4.74 Å². The van der Waals surface area contributed by atoms with E-state index < -0.39 is 0 Å². The van der Waals surface area contributed by atoms with Crippen molar-refractivity contribution in [3.05, 3.63) is 83.0 Å². The molecule has 27 heavy (non-hydrogen) atoms. The summed E-state index contributed by atoms with van der Waals surface area (Å²) in [6.45, 7) is 0.221. The predicted molar refractivity (Wildman–Crippen MR) is 106 cm³/mol.